The van der Waals surface area contributed by atoms with Gasteiger partial charge in [-0.15, -0.1) is 0 Å². The Balaban J connectivity index is 1.83. The number of ether oxygens (including phenoxy) is 3. The van der Waals surface area contributed by atoms with Gasteiger partial charge in [0, 0.05) is 0 Å². The number of hydrogen-bond donors (Lipinski definition) is 0. The first-order chi connectivity index (χ1) is 17.8. The Morgan fingerprint density at radius 1 is 0.865 bits per heavy atom. The molecule has 0 amide bonds. The fourth-order valence-corrected chi connectivity index (χ4v) is 5.31. The smallest absolute Gasteiger partial charge is 0.345 e. The van der Waals surface area contributed by atoms with Crippen molar-refractivity contribution in [1.82, 2.24) is 9.78 Å². The molecule has 0 saturated heterocycles. The zero-order valence-electron chi connectivity index (χ0n) is 21.1. The highest BCUT2D eigenvalue weighted by Crippen LogP contribution is 2.36. The lowest BCUT2D eigenvalue weighted by Crippen LogP contribution is -2.15. The molecule has 4 aromatic rings. The first kappa shape index (κ1) is 26.0. The molecule has 0 bridgehead atoms. The van der Waals surface area contributed by atoms with Crippen molar-refractivity contribution in [2.75, 3.05) is 13.2 Å². The minimum absolute atomic E-state index is 0.0748. The van der Waals surface area contributed by atoms with E-state index < -0.39 is 15.8 Å². The highest BCUT2D eigenvalue weighted by Gasteiger charge is 2.32. The Morgan fingerprint density at radius 2 is 1.51 bits per heavy atom. The van der Waals surface area contributed by atoms with Crippen molar-refractivity contribution >= 4 is 15.8 Å². The molecule has 0 radical (unpaired) electrons. The van der Waals surface area contributed by atoms with Crippen LogP contribution in [0.25, 0.3) is 5.69 Å². The van der Waals surface area contributed by atoms with Gasteiger partial charge in [-0.05, 0) is 70.2 Å². The molecule has 9 heteroatoms. The van der Waals surface area contributed by atoms with Crippen LogP contribution in [0.1, 0.15) is 35.5 Å². The number of rotatable bonds is 9. The number of hydrogen-bond acceptors (Lipinski definition) is 7. The van der Waals surface area contributed by atoms with Crippen LogP contribution < -0.4 is 14.2 Å². The lowest BCUT2D eigenvalue weighted by molar-refractivity contribution is 0.0717. The molecular weight excluding hydrogens is 492 g/mol. The summed E-state index contributed by atoms with van der Waals surface area (Å²) in [7, 11) is -4.07. The molecule has 1 heterocycles. The van der Waals surface area contributed by atoms with E-state index in [9.17, 15) is 13.2 Å². The van der Waals surface area contributed by atoms with Crippen LogP contribution >= 0.6 is 0 Å². The first-order valence-corrected chi connectivity index (χ1v) is 13.3. The van der Waals surface area contributed by atoms with Crippen LogP contribution in [-0.4, -0.2) is 37.4 Å². The predicted octanol–water partition coefficient (Wildman–Crippen LogP) is 5.34. The molecule has 0 fully saturated rings. The van der Waals surface area contributed by atoms with Crippen LogP contribution in [0.4, 0.5) is 0 Å². The van der Waals surface area contributed by atoms with Crippen molar-refractivity contribution in [3.8, 4) is 23.1 Å². The fraction of sp³-hybridized carbons (Fsp3) is 0.214. The number of aromatic nitrogens is 2. The van der Waals surface area contributed by atoms with E-state index in [2.05, 4.69) is 5.10 Å². The van der Waals surface area contributed by atoms with Gasteiger partial charge in [0.1, 0.15) is 0 Å². The molecule has 0 saturated carbocycles. The predicted molar refractivity (Wildman–Crippen MR) is 139 cm³/mol. The van der Waals surface area contributed by atoms with Crippen LogP contribution in [0, 0.1) is 13.8 Å². The van der Waals surface area contributed by atoms with E-state index in [0.717, 1.165) is 5.56 Å². The molecule has 0 aliphatic carbocycles. The summed E-state index contributed by atoms with van der Waals surface area (Å²) in [5.74, 6) is -0.0738. The van der Waals surface area contributed by atoms with Crippen LogP contribution in [0.15, 0.2) is 82.6 Å². The van der Waals surface area contributed by atoms with Crippen LogP contribution in [0.2, 0.25) is 0 Å². The number of sulfone groups is 1. The average Bonchev–Trinajstić information content (AvgIpc) is 3.22. The Bertz CT molecular complexity index is 1510. The topological polar surface area (TPSA) is 96.7 Å². The third kappa shape index (κ3) is 5.36. The molecule has 8 nitrogen and oxygen atoms in total. The lowest BCUT2D eigenvalue weighted by Gasteiger charge is -2.13. The van der Waals surface area contributed by atoms with E-state index in [4.69, 9.17) is 14.2 Å². The number of esters is 1. The number of aryl methyl sites for hydroxylation is 2. The van der Waals surface area contributed by atoms with Crippen molar-refractivity contribution in [1.29, 1.82) is 0 Å². The van der Waals surface area contributed by atoms with Crippen molar-refractivity contribution in [2.45, 2.75) is 37.5 Å². The van der Waals surface area contributed by atoms with Gasteiger partial charge in [0.25, 0.3) is 0 Å². The normalized spacial score (nSPS) is 11.2. The second kappa shape index (κ2) is 10.9. The lowest BCUT2D eigenvalue weighted by atomic mass is 10.2. The molecule has 0 aliphatic heterocycles. The summed E-state index contributed by atoms with van der Waals surface area (Å²) in [6, 6.07) is 20.0. The number of nitrogens with zero attached hydrogens (tertiary/aromatic N) is 2. The maximum absolute atomic E-state index is 13.7. The maximum Gasteiger partial charge on any atom is 0.345 e. The quantitative estimate of drug-likeness (QED) is 0.275. The Labute approximate surface area is 216 Å². The summed E-state index contributed by atoms with van der Waals surface area (Å²) in [6.07, 6.45) is 0. The van der Waals surface area contributed by atoms with Crippen LogP contribution in [0.3, 0.4) is 0 Å². The third-order valence-corrected chi connectivity index (χ3v) is 7.43. The molecule has 0 unspecified atom stereocenters. The van der Waals surface area contributed by atoms with E-state index in [-0.39, 0.29) is 26.9 Å². The van der Waals surface area contributed by atoms with Gasteiger partial charge >= 0.3 is 5.97 Å². The molecule has 0 spiro atoms. The van der Waals surface area contributed by atoms with Gasteiger partial charge in [-0.2, -0.15) is 9.78 Å². The van der Waals surface area contributed by atoms with Crippen LogP contribution in [0.5, 0.6) is 17.4 Å². The van der Waals surface area contributed by atoms with E-state index in [0.29, 0.717) is 30.4 Å². The minimum atomic E-state index is -4.07. The van der Waals surface area contributed by atoms with E-state index in [1.54, 1.807) is 55.5 Å². The second-order valence-electron chi connectivity index (χ2n) is 8.20. The minimum Gasteiger partial charge on any atom is -0.490 e. The Hall–Kier alpha value is -4.11. The van der Waals surface area contributed by atoms with Gasteiger partial charge in [-0.1, -0.05) is 35.9 Å². The summed E-state index contributed by atoms with van der Waals surface area (Å²) >= 11 is 0. The van der Waals surface area contributed by atoms with Crippen molar-refractivity contribution in [2.24, 2.45) is 0 Å². The Morgan fingerprint density at radius 3 is 2.16 bits per heavy atom. The maximum atomic E-state index is 13.7. The van der Waals surface area contributed by atoms with E-state index in [1.165, 1.54) is 22.9 Å². The third-order valence-electron chi connectivity index (χ3n) is 5.53. The van der Waals surface area contributed by atoms with Gasteiger partial charge in [0.05, 0.1) is 35.1 Å². The SMILES string of the molecule is CCOc1ccc(C(=O)Oc2c(S(=O)(=O)c3ccc(C)cc3)c(C)nn2-c2ccccc2)cc1OCC. The number of carbonyl (C=O) groups is 1. The molecule has 3 aromatic carbocycles. The highest BCUT2D eigenvalue weighted by molar-refractivity contribution is 7.91. The number of benzene rings is 3. The van der Waals surface area contributed by atoms with Gasteiger partial charge < -0.3 is 14.2 Å². The Kier molecular flexibility index (Phi) is 7.63. The first-order valence-electron chi connectivity index (χ1n) is 11.8. The molecule has 192 valence electrons. The fourth-order valence-electron chi connectivity index (χ4n) is 3.80. The number of para-hydroxylation sites is 1. The molecule has 0 aliphatic rings. The summed E-state index contributed by atoms with van der Waals surface area (Å²) in [5.41, 5.74) is 1.83. The van der Waals surface area contributed by atoms with E-state index >= 15 is 0 Å². The highest BCUT2D eigenvalue weighted by atomic mass is 32.2. The second-order valence-corrected chi connectivity index (χ2v) is 10.1. The number of carbonyl (C=O) groups excluding carboxylic acids is 1. The molecule has 37 heavy (non-hydrogen) atoms. The summed E-state index contributed by atoms with van der Waals surface area (Å²) < 4.78 is 45.8. The summed E-state index contributed by atoms with van der Waals surface area (Å²) in [6.45, 7) is 7.92. The average molecular weight is 521 g/mol. The van der Waals surface area contributed by atoms with Gasteiger partial charge in [0.15, 0.2) is 16.4 Å². The molecule has 0 atom stereocenters. The molecular formula is C28H28N2O6S. The largest absolute Gasteiger partial charge is 0.490 e. The van der Waals surface area contributed by atoms with Gasteiger partial charge in [0.2, 0.25) is 15.7 Å². The standard InChI is InChI=1S/C28H28N2O6S/c1-5-34-24-17-14-21(18-25(24)35-6-2)28(31)36-27-26(37(32,33)23-15-12-19(3)13-16-23)20(4)29-30(27)22-10-8-7-9-11-22/h7-18H,5-6H2,1-4H3. The monoisotopic (exact) mass is 520 g/mol. The molecule has 4 rings (SSSR count). The van der Waals surface area contributed by atoms with Crippen LogP contribution in [-0.2, 0) is 9.84 Å². The molecule has 0 N–H and O–H groups in total. The van der Waals surface area contributed by atoms with E-state index in [1.807, 2.05) is 26.8 Å². The zero-order valence-corrected chi connectivity index (χ0v) is 21.9. The summed E-state index contributed by atoms with van der Waals surface area (Å²) in [4.78, 5) is 13.2. The van der Waals surface area contributed by atoms with Gasteiger partial charge in [-0.3, -0.25) is 0 Å². The van der Waals surface area contributed by atoms with Crippen molar-refractivity contribution in [3.63, 3.8) is 0 Å². The van der Waals surface area contributed by atoms with Crippen molar-refractivity contribution in [3.05, 3.63) is 89.6 Å². The molecule has 1 aromatic heterocycles. The van der Waals surface area contributed by atoms with Crippen molar-refractivity contribution < 1.29 is 27.4 Å². The zero-order chi connectivity index (χ0) is 26.6. The van der Waals surface area contributed by atoms with Gasteiger partial charge in [-0.25, -0.2) is 13.2 Å². The summed E-state index contributed by atoms with van der Waals surface area (Å²) in [5, 5.41) is 4.44.